The van der Waals surface area contributed by atoms with Gasteiger partial charge in [-0.2, -0.15) is 13.2 Å². The Balaban J connectivity index is 1.72. The first-order valence-electron chi connectivity index (χ1n) is 11.1. The van der Waals surface area contributed by atoms with Gasteiger partial charge in [0.15, 0.2) is 0 Å². The van der Waals surface area contributed by atoms with E-state index in [0.29, 0.717) is 17.0 Å². The number of halogens is 4. The molecule has 0 aliphatic heterocycles. The third-order valence-corrected chi connectivity index (χ3v) is 6.25. The fraction of sp³-hybridized carbons (Fsp3) is 0.500. The van der Waals surface area contributed by atoms with E-state index in [1.165, 1.54) is 18.2 Å². The van der Waals surface area contributed by atoms with Crippen molar-refractivity contribution in [2.75, 3.05) is 5.73 Å². The summed E-state index contributed by atoms with van der Waals surface area (Å²) in [5.74, 6) is -1.22. The van der Waals surface area contributed by atoms with E-state index in [9.17, 15) is 22.4 Å². The van der Waals surface area contributed by atoms with Gasteiger partial charge in [-0.15, -0.1) is 0 Å². The predicted molar refractivity (Wildman–Crippen MR) is 117 cm³/mol. The zero-order valence-electron chi connectivity index (χ0n) is 18.7. The number of nitrogens with one attached hydrogen (secondary N) is 1. The van der Waals surface area contributed by atoms with E-state index in [4.69, 9.17) is 10.5 Å². The number of nitrogen functional groups attached to an aromatic ring is 1. The van der Waals surface area contributed by atoms with Gasteiger partial charge in [0.1, 0.15) is 17.6 Å². The molecule has 1 atom stereocenters. The van der Waals surface area contributed by atoms with Gasteiger partial charge in [0.05, 0.1) is 11.6 Å². The third kappa shape index (κ3) is 6.36. The third-order valence-electron chi connectivity index (χ3n) is 6.25. The van der Waals surface area contributed by atoms with Crippen molar-refractivity contribution < 1.29 is 27.1 Å². The molecule has 1 saturated carbocycles. The number of nitrogens with zero attached hydrogens (tertiary/aromatic N) is 1. The van der Waals surface area contributed by atoms with E-state index < -0.39 is 29.5 Å². The number of alkyl halides is 3. The topological polar surface area (TPSA) is 77.2 Å². The Morgan fingerprint density at radius 1 is 1.21 bits per heavy atom. The normalized spacial score (nSPS) is 19.7. The van der Waals surface area contributed by atoms with Gasteiger partial charge in [-0.25, -0.2) is 9.37 Å². The van der Waals surface area contributed by atoms with Gasteiger partial charge in [0.2, 0.25) is 11.8 Å². The molecule has 1 amide bonds. The van der Waals surface area contributed by atoms with Gasteiger partial charge in [0, 0.05) is 12.1 Å². The number of carbonyl (C=O) groups excluding carboxylic acids is 1. The molecule has 1 unspecified atom stereocenters. The van der Waals surface area contributed by atoms with Gasteiger partial charge >= 0.3 is 6.18 Å². The average molecular weight is 468 g/mol. The first-order valence-corrected chi connectivity index (χ1v) is 11.1. The second-order valence-electron chi connectivity index (χ2n) is 8.55. The lowest BCUT2D eigenvalue weighted by molar-refractivity contribution is -0.141. The van der Waals surface area contributed by atoms with Gasteiger partial charge in [-0.05, 0) is 68.4 Å². The van der Waals surface area contributed by atoms with Crippen LogP contribution in [0.25, 0.3) is 0 Å². The molecule has 9 heteroatoms. The molecule has 1 aromatic heterocycles. The summed E-state index contributed by atoms with van der Waals surface area (Å²) in [7, 11) is 0. The van der Waals surface area contributed by atoms with E-state index >= 15 is 0 Å². The number of anilines is 1. The molecular weight excluding hydrogens is 438 g/mol. The van der Waals surface area contributed by atoms with Crippen LogP contribution in [-0.4, -0.2) is 17.0 Å². The van der Waals surface area contributed by atoms with Crippen molar-refractivity contribution in [1.29, 1.82) is 0 Å². The maximum absolute atomic E-state index is 13.7. The van der Waals surface area contributed by atoms with E-state index in [-0.39, 0.29) is 24.2 Å². The quantitative estimate of drug-likeness (QED) is 0.411. The van der Waals surface area contributed by atoms with Gasteiger partial charge in [0.25, 0.3) is 0 Å². The number of benzene rings is 1. The Morgan fingerprint density at radius 2 is 1.91 bits per heavy atom. The van der Waals surface area contributed by atoms with Crippen molar-refractivity contribution >= 4 is 11.6 Å². The Hall–Kier alpha value is -2.84. The van der Waals surface area contributed by atoms with E-state index in [1.807, 2.05) is 0 Å². The number of hydrogen-bond donors (Lipinski definition) is 2. The summed E-state index contributed by atoms with van der Waals surface area (Å²) in [5, 5.41) is 2.69. The maximum Gasteiger partial charge on any atom is 0.433 e. The summed E-state index contributed by atoms with van der Waals surface area (Å²) in [6.45, 7) is 3.67. The second-order valence-corrected chi connectivity index (χ2v) is 8.55. The summed E-state index contributed by atoms with van der Waals surface area (Å²) >= 11 is 0. The van der Waals surface area contributed by atoms with Gasteiger partial charge < -0.3 is 15.8 Å². The van der Waals surface area contributed by atoms with Crippen molar-refractivity contribution in [2.24, 2.45) is 5.92 Å². The fourth-order valence-corrected chi connectivity index (χ4v) is 3.98. The smallest absolute Gasteiger partial charge is 0.433 e. The van der Waals surface area contributed by atoms with Crippen LogP contribution in [0.1, 0.15) is 68.7 Å². The van der Waals surface area contributed by atoms with Crippen LogP contribution in [0.15, 0.2) is 30.3 Å². The number of rotatable bonds is 7. The SMILES string of the molecule is CCC1CCC(Oc2nc(C(F)(F)F)ccc2CNC(=O)C(C)c2ccc(N)c(F)c2)CC1. The molecule has 1 heterocycles. The lowest BCUT2D eigenvalue weighted by Crippen LogP contribution is -2.29. The molecular formula is C24H29F4N3O2. The highest BCUT2D eigenvalue weighted by atomic mass is 19.4. The standard InChI is InChI=1S/C24H29F4N3O2/c1-3-15-4-8-18(9-5-15)33-23-17(7-11-21(31-23)24(26,27)28)13-30-22(32)14(2)16-6-10-20(29)19(25)12-16/h6-7,10-12,14-15,18H,3-5,8-9,13,29H2,1-2H3,(H,30,32). The molecule has 0 radical (unpaired) electrons. The van der Waals surface area contributed by atoms with Crippen molar-refractivity contribution in [3.8, 4) is 5.88 Å². The molecule has 1 aliphatic rings. The minimum absolute atomic E-state index is 0.0167. The van der Waals surface area contributed by atoms with E-state index in [1.54, 1.807) is 13.0 Å². The fourth-order valence-electron chi connectivity index (χ4n) is 3.98. The zero-order chi connectivity index (χ0) is 24.2. The maximum atomic E-state index is 13.7. The highest BCUT2D eigenvalue weighted by molar-refractivity contribution is 5.83. The van der Waals surface area contributed by atoms with Crippen molar-refractivity contribution in [2.45, 2.75) is 70.7 Å². The highest BCUT2D eigenvalue weighted by Gasteiger charge is 2.34. The van der Waals surface area contributed by atoms with Crippen LogP contribution in [0.3, 0.4) is 0 Å². The Kier molecular flexibility index (Phi) is 7.81. The summed E-state index contributed by atoms with van der Waals surface area (Å²) in [5.41, 5.74) is 5.21. The Labute approximate surface area is 190 Å². The Bertz CT molecular complexity index is 973. The van der Waals surface area contributed by atoms with Crippen LogP contribution in [0, 0.1) is 11.7 Å². The number of carbonyl (C=O) groups is 1. The van der Waals surface area contributed by atoms with Gasteiger partial charge in [-0.1, -0.05) is 19.4 Å². The molecule has 180 valence electrons. The van der Waals surface area contributed by atoms with Crippen LogP contribution in [-0.2, 0) is 17.5 Å². The number of ether oxygens (including phenoxy) is 1. The molecule has 3 N–H and O–H groups in total. The molecule has 1 fully saturated rings. The number of hydrogen-bond acceptors (Lipinski definition) is 4. The minimum Gasteiger partial charge on any atom is -0.474 e. The first-order chi connectivity index (χ1) is 15.6. The van der Waals surface area contributed by atoms with Crippen LogP contribution in [0.4, 0.5) is 23.2 Å². The van der Waals surface area contributed by atoms with Crippen LogP contribution < -0.4 is 15.8 Å². The van der Waals surface area contributed by atoms with Crippen LogP contribution in [0.5, 0.6) is 5.88 Å². The molecule has 0 bridgehead atoms. The highest BCUT2D eigenvalue weighted by Crippen LogP contribution is 2.33. The van der Waals surface area contributed by atoms with E-state index in [0.717, 1.165) is 38.2 Å². The zero-order valence-corrected chi connectivity index (χ0v) is 18.7. The molecule has 33 heavy (non-hydrogen) atoms. The lowest BCUT2D eigenvalue weighted by atomic mass is 9.86. The average Bonchev–Trinajstić information content (AvgIpc) is 2.79. The van der Waals surface area contributed by atoms with Gasteiger partial charge in [-0.3, -0.25) is 4.79 Å². The number of aromatic nitrogens is 1. The molecule has 1 aromatic carbocycles. The summed E-state index contributed by atoms with van der Waals surface area (Å²) in [6.07, 6.45) is -0.321. The molecule has 0 spiro atoms. The van der Waals surface area contributed by atoms with Crippen LogP contribution >= 0.6 is 0 Å². The minimum atomic E-state index is -4.60. The number of amides is 1. The summed E-state index contributed by atoms with van der Waals surface area (Å²) in [4.78, 5) is 16.3. The first kappa shape index (κ1) is 24.8. The summed E-state index contributed by atoms with van der Waals surface area (Å²) in [6, 6.07) is 6.29. The van der Waals surface area contributed by atoms with Crippen molar-refractivity contribution in [3.05, 3.63) is 53.0 Å². The predicted octanol–water partition coefficient (Wildman–Crippen LogP) is 5.59. The van der Waals surface area contributed by atoms with E-state index in [2.05, 4.69) is 17.2 Å². The van der Waals surface area contributed by atoms with Crippen molar-refractivity contribution in [3.63, 3.8) is 0 Å². The Morgan fingerprint density at radius 3 is 2.52 bits per heavy atom. The summed E-state index contributed by atoms with van der Waals surface area (Å²) < 4.78 is 59.3. The van der Waals surface area contributed by atoms with Crippen molar-refractivity contribution in [1.82, 2.24) is 10.3 Å². The number of nitrogens with two attached hydrogens (primary N) is 1. The molecule has 5 nitrogen and oxygen atoms in total. The molecule has 0 saturated heterocycles. The lowest BCUT2D eigenvalue weighted by Gasteiger charge is -2.28. The second kappa shape index (κ2) is 10.4. The number of pyridine rings is 1. The molecule has 2 aromatic rings. The van der Waals surface area contributed by atoms with Crippen LogP contribution in [0.2, 0.25) is 0 Å². The molecule has 3 rings (SSSR count). The monoisotopic (exact) mass is 467 g/mol. The molecule has 1 aliphatic carbocycles. The largest absolute Gasteiger partial charge is 0.474 e.